The maximum absolute atomic E-state index is 12.3. The lowest BCUT2D eigenvalue weighted by Gasteiger charge is -2.27. The van der Waals surface area contributed by atoms with Gasteiger partial charge in [0.1, 0.15) is 39.1 Å². The number of benzene rings is 7. The molecule has 0 saturated carbocycles. The molecular weight excluding hydrogens is 943 g/mol. The molecule has 70 heavy (non-hydrogen) atoms. The zero-order chi connectivity index (χ0) is 50.3. The molecule has 0 aliphatic heterocycles. The van der Waals surface area contributed by atoms with E-state index >= 15 is 0 Å². The van der Waals surface area contributed by atoms with Crippen molar-refractivity contribution < 1.29 is 50.1 Å². The lowest BCUT2D eigenvalue weighted by molar-refractivity contribution is -0.372. The Balaban J connectivity index is 0.000000200. The average Bonchev–Trinajstić information content (AvgIpc) is 3.37. The van der Waals surface area contributed by atoms with Gasteiger partial charge in [0.15, 0.2) is 0 Å². The maximum Gasteiger partial charge on any atom is 0.416 e. The van der Waals surface area contributed by atoms with Crippen LogP contribution in [-0.4, -0.2) is 20.5 Å². The molecule has 7 rings (SSSR count). The van der Waals surface area contributed by atoms with E-state index in [9.17, 15) is 36.4 Å². The summed E-state index contributed by atoms with van der Waals surface area (Å²) >= 11 is 0. The fourth-order valence-electron chi connectivity index (χ4n) is 7.29. The summed E-state index contributed by atoms with van der Waals surface area (Å²) in [5.41, 5.74) is -3.32. The van der Waals surface area contributed by atoms with Gasteiger partial charge in [0.2, 0.25) is 15.0 Å². The first kappa shape index (κ1) is 54.6. The molecule has 7 nitrogen and oxygen atoms in total. The maximum atomic E-state index is 12.3. The minimum atomic E-state index is -5.05. The first-order valence-electron chi connectivity index (χ1n) is 22.2. The van der Waals surface area contributed by atoms with E-state index in [-0.39, 0.29) is 18.2 Å². The van der Waals surface area contributed by atoms with Crippen LogP contribution >= 0.6 is 15.0 Å². The first-order chi connectivity index (χ1) is 33.8. The molecule has 16 heteroatoms. The van der Waals surface area contributed by atoms with Gasteiger partial charge in [0.05, 0.1) is 42.2 Å². The molecule has 0 saturated heterocycles. The highest BCUT2D eigenvalue weighted by atomic mass is 31.2. The molecule has 0 fully saturated rings. The zero-order valence-electron chi connectivity index (χ0n) is 37.9. The van der Waals surface area contributed by atoms with E-state index in [2.05, 4.69) is 162 Å². The van der Waals surface area contributed by atoms with Gasteiger partial charge in [-0.05, 0) is 117 Å². The Hall–Kier alpha value is -6.34. The smallest absolute Gasteiger partial charge is 0.416 e. The van der Waals surface area contributed by atoms with E-state index < -0.39 is 51.5 Å². The third-order valence-corrected chi connectivity index (χ3v) is 17.7. The van der Waals surface area contributed by atoms with Crippen molar-refractivity contribution >= 4 is 54.1 Å². The molecule has 0 radical (unpaired) electrons. The fraction of sp³-hybridized carbons (Fsp3) is 0.185. The molecule has 0 aliphatic carbocycles. The molecule has 0 unspecified atom stereocenters. The summed E-state index contributed by atoms with van der Waals surface area (Å²) in [6, 6.07) is 67.8. The van der Waals surface area contributed by atoms with Crippen LogP contribution in [-0.2, 0) is 21.4 Å². The molecule has 0 N–H and O–H groups in total. The van der Waals surface area contributed by atoms with Crippen LogP contribution in [0.15, 0.2) is 200 Å². The van der Waals surface area contributed by atoms with Gasteiger partial charge in [-0.1, -0.05) is 109 Å². The number of halogens is 6. The van der Waals surface area contributed by atoms with E-state index in [1.165, 1.54) is 31.8 Å². The van der Waals surface area contributed by atoms with Gasteiger partial charge in [0, 0.05) is 12.8 Å². The quantitative estimate of drug-likeness (QED) is 0.0363. The van der Waals surface area contributed by atoms with E-state index in [0.29, 0.717) is 26.1 Å². The Morgan fingerprint density at radius 2 is 0.671 bits per heavy atom. The van der Waals surface area contributed by atoms with Crippen LogP contribution < -0.4 is 46.5 Å². The highest BCUT2D eigenvalue weighted by Gasteiger charge is 2.49. The Morgan fingerprint density at radius 3 is 0.886 bits per heavy atom. The van der Waals surface area contributed by atoms with Gasteiger partial charge >= 0.3 is 12.4 Å². The number of nitrogens with zero attached hydrogens (tertiary/aromatic N) is 2. The second-order valence-electron chi connectivity index (χ2n) is 15.3. The summed E-state index contributed by atoms with van der Waals surface area (Å²) < 4.78 is 91.0. The molecule has 0 aromatic heterocycles. The van der Waals surface area contributed by atoms with Crippen molar-refractivity contribution in [1.82, 2.24) is 0 Å². The number of nitriles is 2. The Kier molecular flexibility index (Phi) is 21.2. The van der Waals surface area contributed by atoms with Crippen molar-refractivity contribution in [1.29, 1.82) is 10.5 Å². The van der Waals surface area contributed by atoms with Crippen LogP contribution in [0.5, 0.6) is 5.75 Å². The second kappa shape index (κ2) is 27.2. The molecule has 0 amide bonds. The van der Waals surface area contributed by atoms with Gasteiger partial charge in [0.25, 0.3) is 0 Å². The van der Waals surface area contributed by atoms with Crippen molar-refractivity contribution in [2.75, 3.05) is 13.2 Å². The Bertz CT molecular complexity index is 2310. The number of hydrogen-bond donors (Lipinski definition) is 0. The lowest BCUT2D eigenvalue weighted by Crippen LogP contribution is -2.50. The van der Waals surface area contributed by atoms with E-state index in [1.54, 1.807) is 0 Å². The fourth-order valence-corrected chi connectivity index (χ4v) is 14.3. The van der Waals surface area contributed by atoms with Crippen molar-refractivity contribution in [2.45, 2.75) is 50.9 Å². The highest BCUT2D eigenvalue weighted by molar-refractivity contribution is 7.92. The molecule has 360 valence electrons. The van der Waals surface area contributed by atoms with Gasteiger partial charge < -0.3 is 14.7 Å². The summed E-state index contributed by atoms with van der Waals surface area (Å²) in [7, 11) is -7.39. The van der Waals surface area contributed by atoms with Crippen LogP contribution in [0, 0.1) is 22.7 Å². The summed E-state index contributed by atoms with van der Waals surface area (Å²) in [5.74, 6) is -1.08. The van der Waals surface area contributed by atoms with Gasteiger partial charge in [-0.25, -0.2) is 9.05 Å². The Labute approximate surface area is 406 Å². The number of unbranched alkanes of at least 4 members (excludes halogenated alkanes) is 4. The van der Waals surface area contributed by atoms with E-state index in [0.717, 1.165) is 25.7 Å². The number of hydrogen-bond acceptors (Lipinski definition) is 7. The van der Waals surface area contributed by atoms with Crippen molar-refractivity contribution in [3.05, 3.63) is 211 Å². The molecule has 7 aromatic rings. The van der Waals surface area contributed by atoms with Crippen LogP contribution in [0.25, 0.3) is 0 Å². The van der Waals surface area contributed by atoms with Crippen LogP contribution in [0.1, 0.15) is 49.7 Å². The van der Waals surface area contributed by atoms with Gasteiger partial charge in [-0.3, -0.25) is 0 Å². The average molecular weight is 993 g/mol. The van der Waals surface area contributed by atoms with Crippen LogP contribution in [0.2, 0.25) is 0 Å². The minimum Gasteiger partial charge on any atom is -0.860 e. The molecule has 0 heterocycles. The molecular formula is C54H49BF6N2O5P2. The third kappa shape index (κ3) is 15.3. The zero-order valence-corrected chi connectivity index (χ0v) is 39.7. The largest absolute Gasteiger partial charge is 0.860 e. The predicted octanol–water partition coefficient (Wildman–Crippen LogP) is 10.0. The molecule has 0 spiro atoms. The van der Waals surface area contributed by atoms with Gasteiger partial charge in [-0.2, -0.15) is 36.9 Å². The van der Waals surface area contributed by atoms with Gasteiger partial charge in [-0.15, -0.1) is 0 Å². The Morgan fingerprint density at radius 1 is 0.414 bits per heavy atom. The third-order valence-electron chi connectivity index (χ3n) is 10.4. The molecule has 0 aliphatic rings. The summed E-state index contributed by atoms with van der Waals surface area (Å²) in [6.45, 7) is 1.29. The van der Waals surface area contributed by atoms with Crippen molar-refractivity contribution in [2.24, 2.45) is 0 Å². The van der Waals surface area contributed by atoms with Crippen LogP contribution in [0.3, 0.4) is 0 Å². The second-order valence-corrected chi connectivity index (χ2v) is 21.3. The summed E-state index contributed by atoms with van der Waals surface area (Å²) in [4.78, 5) is 0. The summed E-state index contributed by atoms with van der Waals surface area (Å²) in [5, 5.41) is 45.0. The molecule has 7 aromatic carbocycles. The SMILES string of the molecule is N#CCCCCO[P+](c1ccccc1)(c1ccccc1)c1ccccc1.N#CCCCCO[P+](c1ccccc1)(c1ccccc1)c1ccccc1.[O-]B([O-])Oc1cc(C(F)(F)F)cc(C(F)(F)F)c1. The van der Waals surface area contributed by atoms with Crippen LogP contribution in [0.4, 0.5) is 26.3 Å². The normalized spacial score (nSPS) is 11.4. The monoisotopic (exact) mass is 992 g/mol. The number of rotatable bonds is 18. The highest BCUT2D eigenvalue weighted by Crippen LogP contribution is 2.57. The summed E-state index contributed by atoms with van der Waals surface area (Å²) in [6.07, 6.45) is -5.43. The standard InChI is InChI=1S/2C23H23NOP.C8H3BF6O3/c2*24-19-11-4-12-20-25-26(21-13-5-1-6-14-21,22-15-7-2-8-16-22)23-17-9-3-10-18-23;10-7(11,12)4-1-5(8(13,14)15)3-6(2-4)18-9(16)17/h2*1-3,5-10,13-18H,4,11-12,20H2;1-3H/q2*+1;-2. The molecule has 0 bridgehead atoms. The van der Waals surface area contributed by atoms with E-state index in [1.807, 2.05) is 36.4 Å². The lowest BCUT2D eigenvalue weighted by atomic mass is 10.1. The first-order valence-corrected chi connectivity index (χ1v) is 25.6. The topological polar surface area (TPSA) is 121 Å². The molecule has 0 atom stereocenters. The van der Waals surface area contributed by atoms with Crippen molar-refractivity contribution in [3.63, 3.8) is 0 Å². The van der Waals surface area contributed by atoms with E-state index in [4.69, 9.17) is 19.6 Å². The minimum absolute atomic E-state index is 0.141. The van der Waals surface area contributed by atoms with Crippen molar-refractivity contribution in [3.8, 4) is 17.9 Å². The predicted molar refractivity (Wildman–Crippen MR) is 264 cm³/mol. The number of alkyl halides is 6.